The number of nitrogens with one attached hydrogen (secondary N) is 1. The molecule has 4 rings (SSSR count). The van der Waals surface area contributed by atoms with Gasteiger partial charge in [-0.2, -0.15) is 0 Å². The van der Waals surface area contributed by atoms with E-state index in [1.807, 2.05) is 0 Å². The third kappa shape index (κ3) is 3.25. The van der Waals surface area contributed by atoms with E-state index in [1.165, 1.54) is 18.7 Å². The van der Waals surface area contributed by atoms with Crippen LogP contribution < -0.4 is 25.4 Å². The highest BCUT2D eigenvalue weighted by molar-refractivity contribution is 6.12. The zero-order chi connectivity index (χ0) is 21.6. The molecule has 2 aliphatic rings. The molecule has 0 spiro atoms. The van der Waals surface area contributed by atoms with Crippen molar-refractivity contribution < 1.29 is 33.1 Å². The molecule has 1 fully saturated rings. The van der Waals surface area contributed by atoms with Crippen LogP contribution in [0.1, 0.15) is 39.8 Å². The van der Waals surface area contributed by atoms with Crippen LogP contribution in [0.3, 0.4) is 0 Å². The maximum atomic E-state index is 12.8. The van der Waals surface area contributed by atoms with E-state index in [0.717, 1.165) is 0 Å². The second-order valence-corrected chi connectivity index (χ2v) is 7.09. The number of carbonyl (C=O) groups excluding carboxylic acids is 4. The molecular weight excluding hydrogens is 394 g/mol. The number of aryl methyl sites for hydroxylation is 1. The van der Waals surface area contributed by atoms with Crippen molar-refractivity contribution in [3.8, 4) is 11.5 Å². The molecular formula is C20H19N3O7. The normalized spacial score (nSPS) is 17.3. The van der Waals surface area contributed by atoms with Gasteiger partial charge in [-0.1, -0.05) is 0 Å². The predicted octanol–water partition coefficient (Wildman–Crippen LogP) is 1.61. The van der Waals surface area contributed by atoms with Crippen LogP contribution in [0.25, 0.3) is 0 Å². The number of nitrogens with zero attached hydrogens (tertiary/aromatic N) is 1. The number of anilines is 2. The van der Waals surface area contributed by atoms with E-state index in [-0.39, 0.29) is 48.4 Å². The van der Waals surface area contributed by atoms with E-state index in [1.54, 1.807) is 18.2 Å². The molecule has 1 aromatic carbocycles. The third-order valence-electron chi connectivity index (χ3n) is 5.08. The van der Waals surface area contributed by atoms with Gasteiger partial charge in [0.25, 0.3) is 5.91 Å². The van der Waals surface area contributed by atoms with Crippen LogP contribution in [-0.2, 0) is 9.59 Å². The molecule has 2 aromatic rings. The van der Waals surface area contributed by atoms with Crippen molar-refractivity contribution in [1.82, 2.24) is 0 Å². The molecule has 3 heterocycles. The van der Waals surface area contributed by atoms with Crippen LogP contribution in [0.15, 0.2) is 22.6 Å². The highest BCUT2D eigenvalue weighted by Gasteiger charge is 2.37. The SMILES string of the molecule is CC(=O)c1c(C)oc(NC(=O)C2CC(=O)N(c3ccc4c(c3)OCO4)C2)c1C(N)=O. The number of hydrogen-bond donors (Lipinski definition) is 2. The minimum absolute atomic E-state index is 0.0224. The first-order chi connectivity index (χ1) is 14.3. The Morgan fingerprint density at radius 1 is 1.17 bits per heavy atom. The van der Waals surface area contributed by atoms with E-state index in [2.05, 4.69) is 5.32 Å². The number of furan rings is 1. The van der Waals surface area contributed by atoms with Crippen molar-refractivity contribution in [1.29, 1.82) is 0 Å². The molecule has 0 aliphatic carbocycles. The number of carbonyl (C=O) groups is 4. The number of Topliss-reactive ketones (excluding diaryl/α,β-unsaturated/α-hetero) is 1. The molecule has 2 aliphatic heterocycles. The first-order valence-corrected chi connectivity index (χ1v) is 9.21. The van der Waals surface area contributed by atoms with E-state index in [0.29, 0.717) is 17.2 Å². The highest BCUT2D eigenvalue weighted by atomic mass is 16.7. The first-order valence-electron chi connectivity index (χ1n) is 9.21. The number of amides is 3. The Balaban J connectivity index is 1.53. The molecule has 10 heteroatoms. The molecule has 10 nitrogen and oxygen atoms in total. The lowest BCUT2D eigenvalue weighted by Gasteiger charge is -2.17. The van der Waals surface area contributed by atoms with Crippen molar-refractivity contribution in [2.24, 2.45) is 11.7 Å². The first kappa shape index (κ1) is 19.5. The molecule has 156 valence electrons. The van der Waals surface area contributed by atoms with Gasteiger partial charge in [-0.05, 0) is 26.0 Å². The molecule has 1 aromatic heterocycles. The fraction of sp³-hybridized carbons (Fsp3) is 0.300. The Morgan fingerprint density at radius 2 is 1.90 bits per heavy atom. The van der Waals surface area contributed by atoms with Crippen molar-refractivity contribution >= 4 is 35.1 Å². The number of rotatable bonds is 5. The molecule has 1 unspecified atom stereocenters. The van der Waals surface area contributed by atoms with Crippen LogP contribution in [-0.4, -0.2) is 36.8 Å². The summed E-state index contributed by atoms with van der Waals surface area (Å²) in [5, 5.41) is 2.50. The smallest absolute Gasteiger partial charge is 0.255 e. The lowest BCUT2D eigenvalue weighted by molar-refractivity contribution is -0.122. The molecule has 1 saturated heterocycles. The topological polar surface area (TPSA) is 141 Å². The summed E-state index contributed by atoms with van der Waals surface area (Å²) in [4.78, 5) is 50.4. The van der Waals surface area contributed by atoms with Gasteiger partial charge in [0.05, 0.1) is 11.5 Å². The summed E-state index contributed by atoms with van der Waals surface area (Å²) in [5.41, 5.74) is 5.82. The zero-order valence-electron chi connectivity index (χ0n) is 16.3. The number of hydrogen-bond acceptors (Lipinski definition) is 7. The average Bonchev–Trinajstić information content (AvgIpc) is 3.37. The zero-order valence-corrected chi connectivity index (χ0v) is 16.3. The van der Waals surface area contributed by atoms with Gasteiger partial charge in [-0.15, -0.1) is 0 Å². The lowest BCUT2D eigenvalue weighted by Crippen LogP contribution is -2.28. The second-order valence-electron chi connectivity index (χ2n) is 7.09. The minimum atomic E-state index is -0.892. The molecule has 3 amide bonds. The lowest BCUT2D eigenvalue weighted by atomic mass is 10.1. The highest BCUT2D eigenvalue weighted by Crippen LogP contribution is 2.37. The number of primary amides is 1. The van der Waals surface area contributed by atoms with Crippen molar-refractivity contribution in [3.63, 3.8) is 0 Å². The summed E-state index contributed by atoms with van der Waals surface area (Å²) in [6, 6.07) is 5.10. The molecule has 0 saturated carbocycles. The summed E-state index contributed by atoms with van der Waals surface area (Å²) < 4.78 is 16.0. The largest absolute Gasteiger partial charge is 0.454 e. The number of ketones is 1. The van der Waals surface area contributed by atoms with Gasteiger partial charge in [-0.3, -0.25) is 24.5 Å². The minimum Gasteiger partial charge on any atom is -0.454 e. The Bertz CT molecular complexity index is 1090. The summed E-state index contributed by atoms with van der Waals surface area (Å²) >= 11 is 0. The van der Waals surface area contributed by atoms with E-state index in [9.17, 15) is 19.2 Å². The summed E-state index contributed by atoms with van der Waals surface area (Å²) in [6.07, 6.45) is -0.0224. The van der Waals surface area contributed by atoms with E-state index < -0.39 is 23.5 Å². The number of ether oxygens (including phenoxy) is 2. The number of nitrogens with two attached hydrogens (primary N) is 1. The molecule has 1 atom stereocenters. The summed E-state index contributed by atoms with van der Waals surface area (Å²) in [7, 11) is 0. The quantitative estimate of drug-likeness (QED) is 0.709. The fourth-order valence-corrected chi connectivity index (χ4v) is 3.69. The third-order valence-corrected chi connectivity index (χ3v) is 5.08. The van der Waals surface area contributed by atoms with Gasteiger partial charge in [0.2, 0.25) is 24.5 Å². The predicted molar refractivity (Wildman–Crippen MR) is 104 cm³/mol. The summed E-state index contributed by atoms with van der Waals surface area (Å²) in [5.74, 6) is -1.63. The van der Waals surface area contributed by atoms with Crippen LogP contribution in [0, 0.1) is 12.8 Å². The van der Waals surface area contributed by atoms with Gasteiger partial charge >= 0.3 is 0 Å². The van der Waals surface area contributed by atoms with Gasteiger partial charge in [0, 0.05) is 24.7 Å². The monoisotopic (exact) mass is 413 g/mol. The Labute approximate surface area is 170 Å². The van der Waals surface area contributed by atoms with E-state index in [4.69, 9.17) is 19.6 Å². The van der Waals surface area contributed by atoms with Gasteiger partial charge < -0.3 is 24.5 Å². The average molecular weight is 413 g/mol. The number of fused-ring (bicyclic) bond motifs is 1. The molecule has 0 radical (unpaired) electrons. The van der Waals surface area contributed by atoms with Crippen LogP contribution in [0.2, 0.25) is 0 Å². The Morgan fingerprint density at radius 3 is 2.60 bits per heavy atom. The standard InChI is InChI=1S/C20H19N3O7/c1-9(24)16-10(2)30-20(17(16)18(21)26)22-19(27)11-5-15(25)23(7-11)12-3-4-13-14(6-12)29-8-28-13/h3-4,6,11H,5,7-8H2,1-2H3,(H2,21,26)(H,22,27). The van der Waals surface area contributed by atoms with Gasteiger partial charge in [0.1, 0.15) is 11.3 Å². The van der Waals surface area contributed by atoms with Gasteiger partial charge in [0.15, 0.2) is 17.3 Å². The van der Waals surface area contributed by atoms with Crippen molar-refractivity contribution in [3.05, 3.63) is 35.1 Å². The summed E-state index contributed by atoms with van der Waals surface area (Å²) in [6.45, 7) is 3.02. The molecule has 0 bridgehead atoms. The van der Waals surface area contributed by atoms with Crippen molar-refractivity contribution in [2.45, 2.75) is 20.3 Å². The maximum Gasteiger partial charge on any atom is 0.255 e. The Kier molecular flexibility index (Phi) is 4.69. The van der Waals surface area contributed by atoms with Crippen LogP contribution in [0.5, 0.6) is 11.5 Å². The van der Waals surface area contributed by atoms with Gasteiger partial charge in [-0.25, -0.2) is 0 Å². The number of benzene rings is 1. The Hall–Kier alpha value is -3.82. The van der Waals surface area contributed by atoms with Crippen molar-refractivity contribution in [2.75, 3.05) is 23.6 Å². The fourth-order valence-electron chi connectivity index (χ4n) is 3.69. The molecule has 30 heavy (non-hydrogen) atoms. The maximum absolute atomic E-state index is 12.8. The van der Waals surface area contributed by atoms with Crippen LogP contribution >= 0.6 is 0 Å². The molecule has 3 N–H and O–H groups in total. The van der Waals surface area contributed by atoms with Crippen LogP contribution in [0.4, 0.5) is 11.6 Å². The second kappa shape index (κ2) is 7.21. The van der Waals surface area contributed by atoms with E-state index >= 15 is 0 Å².